The molecule has 0 radical (unpaired) electrons. The zero-order valence-electron chi connectivity index (χ0n) is 18.2. The van der Waals surface area contributed by atoms with Crippen molar-refractivity contribution in [3.63, 3.8) is 0 Å². The summed E-state index contributed by atoms with van der Waals surface area (Å²) in [5, 5.41) is 0. The Morgan fingerprint density at radius 1 is 1.21 bits per heavy atom. The lowest BCUT2D eigenvalue weighted by molar-refractivity contribution is -0.122. The molecule has 0 bridgehead atoms. The molecule has 2 aliphatic rings. The number of alkyl halides is 1. The highest BCUT2D eigenvalue weighted by Crippen LogP contribution is 2.31. The molecule has 0 aromatic heterocycles. The van der Waals surface area contributed by atoms with E-state index in [4.69, 9.17) is 0 Å². The van der Waals surface area contributed by atoms with Crippen LogP contribution in [0.3, 0.4) is 0 Å². The van der Waals surface area contributed by atoms with Gasteiger partial charge in [0, 0.05) is 30.6 Å². The molecule has 1 amide bonds. The second-order valence-electron chi connectivity index (χ2n) is 10.1. The number of piperidine rings is 1. The van der Waals surface area contributed by atoms with E-state index in [0.717, 1.165) is 51.6 Å². The normalized spacial score (nSPS) is 24.0. The van der Waals surface area contributed by atoms with Gasteiger partial charge in [-0.2, -0.15) is 0 Å². The van der Waals surface area contributed by atoms with Crippen LogP contribution in [0.2, 0.25) is 0 Å². The largest absolute Gasteiger partial charge is 0.312 e. The summed E-state index contributed by atoms with van der Waals surface area (Å²) >= 11 is 0. The summed E-state index contributed by atoms with van der Waals surface area (Å²) in [7, 11) is 0. The molecule has 2 fully saturated rings. The van der Waals surface area contributed by atoms with Crippen molar-refractivity contribution >= 4 is 11.6 Å². The highest BCUT2D eigenvalue weighted by atomic mass is 19.1. The lowest BCUT2D eigenvalue weighted by atomic mass is 9.90. The van der Waals surface area contributed by atoms with Gasteiger partial charge < -0.3 is 9.80 Å². The van der Waals surface area contributed by atoms with Gasteiger partial charge in [-0.15, -0.1) is 0 Å². The van der Waals surface area contributed by atoms with Crippen molar-refractivity contribution in [1.82, 2.24) is 4.90 Å². The number of halogens is 2. The predicted octanol–water partition coefficient (Wildman–Crippen LogP) is 5.45. The average molecular weight is 407 g/mol. The minimum Gasteiger partial charge on any atom is -0.312 e. The number of benzene rings is 1. The molecule has 1 heterocycles. The van der Waals surface area contributed by atoms with E-state index >= 15 is 4.39 Å². The number of likely N-dealkylation sites (tertiary alicyclic amines) is 1. The van der Waals surface area contributed by atoms with Crippen molar-refractivity contribution in [3.05, 3.63) is 30.1 Å². The van der Waals surface area contributed by atoms with E-state index in [1.165, 1.54) is 12.1 Å². The smallest absolute Gasteiger partial charge is 0.230 e. The van der Waals surface area contributed by atoms with Gasteiger partial charge >= 0.3 is 0 Å². The standard InChI is InChI=1S/C24H36F2N2O/c1-24(2,3)12-14-27-13-11-19(22(26)17-27)16-28(21-10-6-9-20(25)15-21)23(29)18-7-4-5-8-18/h6,9-10,15,18-19,22H,4-5,7-8,11-14,16-17H2,1-3H3. The van der Waals surface area contributed by atoms with Crippen LogP contribution in [0.5, 0.6) is 0 Å². The maximum absolute atomic E-state index is 15.1. The first kappa shape index (κ1) is 22.2. The van der Waals surface area contributed by atoms with Gasteiger partial charge in [0.2, 0.25) is 5.91 Å². The quantitative estimate of drug-likeness (QED) is 0.628. The van der Waals surface area contributed by atoms with Crippen LogP contribution in [-0.2, 0) is 4.79 Å². The lowest BCUT2D eigenvalue weighted by Crippen LogP contribution is -2.48. The molecule has 1 saturated heterocycles. The number of rotatable bonds is 6. The molecule has 0 N–H and O–H groups in total. The van der Waals surface area contributed by atoms with Gasteiger partial charge in [-0.25, -0.2) is 8.78 Å². The van der Waals surface area contributed by atoms with Crippen LogP contribution in [0, 0.1) is 23.1 Å². The van der Waals surface area contributed by atoms with Gasteiger partial charge in [0.15, 0.2) is 0 Å². The molecule has 162 valence electrons. The highest BCUT2D eigenvalue weighted by molar-refractivity contribution is 5.95. The molecule has 1 saturated carbocycles. The molecule has 2 unspecified atom stereocenters. The lowest BCUT2D eigenvalue weighted by Gasteiger charge is -2.38. The Bertz CT molecular complexity index is 682. The van der Waals surface area contributed by atoms with E-state index in [1.54, 1.807) is 17.0 Å². The van der Waals surface area contributed by atoms with Crippen LogP contribution in [0.4, 0.5) is 14.5 Å². The number of amides is 1. The fraction of sp³-hybridized carbons (Fsp3) is 0.708. The molecule has 1 aliphatic heterocycles. The van der Waals surface area contributed by atoms with Crippen LogP contribution in [-0.4, -0.2) is 43.2 Å². The first-order valence-electron chi connectivity index (χ1n) is 11.2. The van der Waals surface area contributed by atoms with E-state index in [2.05, 4.69) is 25.7 Å². The van der Waals surface area contributed by atoms with Crippen LogP contribution < -0.4 is 4.90 Å². The second-order valence-corrected chi connectivity index (χ2v) is 10.1. The Labute approximate surface area is 174 Å². The number of nitrogens with zero attached hydrogens (tertiary/aromatic N) is 2. The molecule has 2 atom stereocenters. The summed E-state index contributed by atoms with van der Waals surface area (Å²) in [6.45, 7) is 9.15. The number of hydrogen-bond donors (Lipinski definition) is 0. The minimum atomic E-state index is -0.962. The molecular formula is C24H36F2N2O. The zero-order chi connectivity index (χ0) is 21.0. The first-order valence-corrected chi connectivity index (χ1v) is 11.2. The van der Waals surface area contributed by atoms with Crippen molar-refractivity contribution in [2.24, 2.45) is 17.3 Å². The Morgan fingerprint density at radius 2 is 1.93 bits per heavy atom. The van der Waals surface area contributed by atoms with Crippen molar-refractivity contribution < 1.29 is 13.6 Å². The summed E-state index contributed by atoms with van der Waals surface area (Å²) in [5.41, 5.74) is 0.800. The molecule has 29 heavy (non-hydrogen) atoms. The SMILES string of the molecule is CC(C)(C)CCN1CCC(CN(C(=O)C2CCCC2)c2cccc(F)c2)C(F)C1. The number of carbonyl (C=O) groups excluding carboxylic acids is 1. The third-order valence-corrected chi connectivity index (χ3v) is 6.45. The van der Waals surface area contributed by atoms with E-state index in [0.29, 0.717) is 18.8 Å². The average Bonchev–Trinajstić information content (AvgIpc) is 3.19. The summed E-state index contributed by atoms with van der Waals surface area (Å²) in [6, 6.07) is 6.18. The third kappa shape index (κ3) is 6.24. The van der Waals surface area contributed by atoms with Crippen molar-refractivity contribution in [3.8, 4) is 0 Å². The maximum Gasteiger partial charge on any atom is 0.230 e. The molecule has 1 aromatic carbocycles. The third-order valence-electron chi connectivity index (χ3n) is 6.45. The number of anilines is 1. The van der Waals surface area contributed by atoms with Crippen molar-refractivity contribution in [2.45, 2.75) is 65.5 Å². The van der Waals surface area contributed by atoms with Crippen molar-refractivity contribution in [2.75, 3.05) is 31.1 Å². The Morgan fingerprint density at radius 3 is 2.55 bits per heavy atom. The summed E-state index contributed by atoms with van der Waals surface area (Å²) in [6.07, 6.45) is 4.70. The van der Waals surface area contributed by atoms with Gasteiger partial charge in [-0.1, -0.05) is 39.7 Å². The Kier molecular flexibility index (Phi) is 7.31. The Balaban J connectivity index is 1.67. The molecule has 1 aliphatic carbocycles. The topological polar surface area (TPSA) is 23.6 Å². The molecule has 3 rings (SSSR count). The van der Waals surface area contributed by atoms with Crippen LogP contribution in [0.15, 0.2) is 24.3 Å². The summed E-state index contributed by atoms with van der Waals surface area (Å²) in [4.78, 5) is 17.1. The molecule has 5 heteroatoms. The first-order chi connectivity index (χ1) is 13.7. The van der Waals surface area contributed by atoms with Gasteiger partial charge in [-0.3, -0.25) is 4.79 Å². The van der Waals surface area contributed by atoms with Crippen molar-refractivity contribution in [1.29, 1.82) is 0 Å². The van der Waals surface area contributed by atoms with Crippen LogP contribution in [0.1, 0.15) is 59.3 Å². The minimum absolute atomic E-state index is 0.0109. The number of carbonyl (C=O) groups is 1. The second kappa shape index (κ2) is 9.55. The molecule has 3 nitrogen and oxygen atoms in total. The van der Waals surface area contributed by atoms with Gasteiger partial charge in [0.25, 0.3) is 0 Å². The summed E-state index contributed by atoms with van der Waals surface area (Å²) in [5.74, 6) is -0.534. The fourth-order valence-corrected chi connectivity index (χ4v) is 4.51. The fourth-order valence-electron chi connectivity index (χ4n) is 4.51. The van der Waals surface area contributed by atoms with Crippen LogP contribution >= 0.6 is 0 Å². The predicted molar refractivity (Wildman–Crippen MR) is 114 cm³/mol. The van der Waals surface area contributed by atoms with Gasteiger partial charge in [0.05, 0.1) is 0 Å². The molecule has 1 aromatic rings. The zero-order valence-corrected chi connectivity index (χ0v) is 18.2. The van der Waals surface area contributed by atoms with E-state index in [-0.39, 0.29) is 29.0 Å². The molecular weight excluding hydrogens is 370 g/mol. The monoisotopic (exact) mass is 406 g/mol. The van der Waals surface area contributed by atoms with Gasteiger partial charge in [-0.05, 0) is 62.4 Å². The summed E-state index contributed by atoms with van der Waals surface area (Å²) < 4.78 is 28.9. The molecule has 0 spiro atoms. The maximum atomic E-state index is 15.1. The number of hydrogen-bond acceptors (Lipinski definition) is 2. The van der Waals surface area contributed by atoms with Crippen LogP contribution in [0.25, 0.3) is 0 Å². The Hall–Kier alpha value is -1.49. The van der Waals surface area contributed by atoms with E-state index in [1.807, 2.05) is 0 Å². The van der Waals surface area contributed by atoms with Gasteiger partial charge in [0.1, 0.15) is 12.0 Å². The highest BCUT2D eigenvalue weighted by Gasteiger charge is 2.35. The van der Waals surface area contributed by atoms with E-state index in [9.17, 15) is 9.18 Å². The van der Waals surface area contributed by atoms with E-state index < -0.39 is 6.17 Å².